The van der Waals surface area contributed by atoms with Crippen LogP contribution in [0.4, 0.5) is 5.00 Å². The maximum Gasteiger partial charge on any atom is 0.276 e. The Morgan fingerprint density at radius 2 is 1.96 bits per heavy atom. The number of hydrogen-bond donors (Lipinski definition) is 2. The molecule has 0 fully saturated rings. The van der Waals surface area contributed by atoms with E-state index >= 15 is 0 Å². The van der Waals surface area contributed by atoms with Crippen molar-refractivity contribution in [2.24, 2.45) is 5.73 Å². The standard InChI is InChI=1S/C19H27N5O2S/c1-10(2)23-7-6-13-15(9-23)27-19(16(13)17(20)25)21-18(26)14-8-12(5)24(22-14)11(3)4/h8,10-11H,6-7,9H2,1-5H3,(H2,20,25)(H,21,26). The van der Waals surface area contributed by atoms with E-state index in [1.54, 1.807) is 6.07 Å². The molecule has 0 saturated heterocycles. The topological polar surface area (TPSA) is 93.2 Å². The van der Waals surface area contributed by atoms with E-state index in [1.165, 1.54) is 11.3 Å². The average molecular weight is 390 g/mol. The van der Waals surface area contributed by atoms with E-state index in [1.807, 2.05) is 25.5 Å². The summed E-state index contributed by atoms with van der Waals surface area (Å²) in [5.74, 6) is -0.816. The molecule has 1 aliphatic rings. The summed E-state index contributed by atoms with van der Waals surface area (Å²) in [6.07, 6.45) is 0.763. The number of carbonyl (C=O) groups excluding carboxylic acids is 2. The molecule has 0 radical (unpaired) electrons. The van der Waals surface area contributed by atoms with Gasteiger partial charge in [0.15, 0.2) is 5.69 Å². The van der Waals surface area contributed by atoms with Crippen LogP contribution in [-0.2, 0) is 13.0 Å². The molecule has 2 aromatic rings. The van der Waals surface area contributed by atoms with Crippen molar-refractivity contribution in [3.8, 4) is 0 Å². The number of rotatable bonds is 5. The van der Waals surface area contributed by atoms with Crippen molar-refractivity contribution < 1.29 is 9.59 Å². The molecule has 2 aromatic heterocycles. The summed E-state index contributed by atoms with van der Waals surface area (Å²) in [6, 6.07) is 2.36. The highest BCUT2D eigenvalue weighted by Crippen LogP contribution is 2.37. The van der Waals surface area contributed by atoms with E-state index in [0.717, 1.165) is 35.6 Å². The van der Waals surface area contributed by atoms with Crippen LogP contribution in [0, 0.1) is 6.92 Å². The van der Waals surface area contributed by atoms with Gasteiger partial charge < -0.3 is 11.1 Å². The fraction of sp³-hybridized carbons (Fsp3) is 0.526. The number of primary amides is 1. The Morgan fingerprint density at radius 1 is 1.26 bits per heavy atom. The zero-order valence-corrected chi connectivity index (χ0v) is 17.3. The van der Waals surface area contributed by atoms with Gasteiger partial charge in [-0.2, -0.15) is 5.10 Å². The molecule has 2 amide bonds. The summed E-state index contributed by atoms with van der Waals surface area (Å²) in [5, 5.41) is 7.78. The molecule has 3 rings (SSSR count). The smallest absolute Gasteiger partial charge is 0.276 e. The molecule has 3 heterocycles. The minimum atomic E-state index is -0.496. The van der Waals surface area contributed by atoms with Crippen LogP contribution in [0.15, 0.2) is 6.07 Å². The van der Waals surface area contributed by atoms with Crippen LogP contribution in [0.1, 0.15) is 70.7 Å². The summed E-state index contributed by atoms with van der Waals surface area (Å²) in [6.45, 7) is 11.9. The van der Waals surface area contributed by atoms with Gasteiger partial charge in [0.2, 0.25) is 0 Å². The lowest BCUT2D eigenvalue weighted by Gasteiger charge is -2.30. The number of nitrogens with zero attached hydrogens (tertiary/aromatic N) is 3. The van der Waals surface area contributed by atoms with Gasteiger partial charge in [-0.1, -0.05) is 0 Å². The summed E-state index contributed by atoms with van der Waals surface area (Å²) < 4.78 is 1.81. The molecule has 0 aliphatic carbocycles. The van der Waals surface area contributed by atoms with E-state index in [4.69, 9.17) is 5.73 Å². The number of hydrogen-bond acceptors (Lipinski definition) is 5. The van der Waals surface area contributed by atoms with Crippen LogP contribution in [0.2, 0.25) is 0 Å². The first-order valence-electron chi connectivity index (χ1n) is 9.25. The van der Waals surface area contributed by atoms with Crippen LogP contribution >= 0.6 is 11.3 Å². The third-order valence-electron chi connectivity index (χ3n) is 4.93. The second-order valence-electron chi connectivity index (χ2n) is 7.55. The number of nitrogens with one attached hydrogen (secondary N) is 1. The number of amides is 2. The maximum atomic E-state index is 12.7. The van der Waals surface area contributed by atoms with Crippen molar-refractivity contribution >= 4 is 28.2 Å². The molecule has 27 heavy (non-hydrogen) atoms. The highest BCUT2D eigenvalue weighted by Gasteiger charge is 2.29. The predicted octanol–water partition coefficient (Wildman–Crippen LogP) is 2.95. The Bertz CT molecular complexity index is 881. The van der Waals surface area contributed by atoms with Crippen molar-refractivity contribution in [1.29, 1.82) is 0 Å². The normalized spacial score (nSPS) is 14.6. The van der Waals surface area contributed by atoms with E-state index in [9.17, 15) is 9.59 Å². The SMILES string of the molecule is Cc1cc(C(=O)Nc2sc3c(c2C(N)=O)CCN(C(C)C)C3)nn1C(C)C. The van der Waals surface area contributed by atoms with Crippen LogP contribution in [-0.4, -0.2) is 39.1 Å². The Labute approximate surface area is 163 Å². The molecule has 0 saturated carbocycles. The highest BCUT2D eigenvalue weighted by atomic mass is 32.1. The summed E-state index contributed by atoms with van der Waals surface area (Å²) in [7, 11) is 0. The maximum absolute atomic E-state index is 12.7. The Hall–Kier alpha value is -2.19. The predicted molar refractivity (Wildman–Crippen MR) is 107 cm³/mol. The molecule has 3 N–H and O–H groups in total. The zero-order chi connectivity index (χ0) is 19.9. The van der Waals surface area contributed by atoms with Gasteiger partial charge in [0.25, 0.3) is 11.8 Å². The van der Waals surface area contributed by atoms with Gasteiger partial charge in [0, 0.05) is 35.7 Å². The zero-order valence-electron chi connectivity index (χ0n) is 16.5. The molecule has 1 aliphatic heterocycles. The van der Waals surface area contributed by atoms with Gasteiger partial charge in [-0.25, -0.2) is 0 Å². The van der Waals surface area contributed by atoms with Crippen molar-refractivity contribution in [3.05, 3.63) is 33.5 Å². The number of thiophene rings is 1. The Morgan fingerprint density at radius 3 is 2.52 bits per heavy atom. The first-order chi connectivity index (χ1) is 12.7. The molecule has 0 atom stereocenters. The molecule has 0 aromatic carbocycles. The third-order valence-corrected chi connectivity index (χ3v) is 6.07. The number of carbonyl (C=O) groups is 2. The van der Waals surface area contributed by atoms with Crippen LogP contribution in [0.3, 0.4) is 0 Å². The lowest BCUT2D eigenvalue weighted by atomic mass is 10.0. The molecular formula is C19H27N5O2S. The number of fused-ring (bicyclic) bond motifs is 1. The van der Waals surface area contributed by atoms with Crippen molar-refractivity contribution in [2.75, 3.05) is 11.9 Å². The minimum Gasteiger partial charge on any atom is -0.365 e. The summed E-state index contributed by atoms with van der Waals surface area (Å²) in [4.78, 5) is 28.2. The number of anilines is 1. The van der Waals surface area contributed by atoms with Gasteiger partial charge in [-0.15, -0.1) is 11.3 Å². The second kappa shape index (κ2) is 7.44. The van der Waals surface area contributed by atoms with E-state index in [0.29, 0.717) is 22.3 Å². The van der Waals surface area contributed by atoms with Crippen molar-refractivity contribution in [1.82, 2.24) is 14.7 Å². The van der Waals surface area contributed by atoms with Crippen LogP contribution in [0.5, 0.6) is 0 Å². The van der Waals surface area contributed by atoms with Gasteiger partial charge in [-0.3, -0.25) is 19.2 Å². The van der Waals surface area contributed by atoms with Crippen LogP contribution < -0.4 is 11.1 Å². The van der Waals surface area contributed by atoms with Crippen molar-refractivity contribution in [3.63, 3.8) is 0 Å². The molecule has 0 unspecified atom stereocenters. The van der Waals surface area contributed by atoms with Gasteiger partial charge in [0.1, 0.15) is 5.00 Å². The average Bonchev–Trinajstić information content (AvgIpc) is 3.14. The van der Waals surface area contributed by atoms with E-state index in [2.05, 4.69) is 29.2 Å². The fourth-order valence-electron chi connectivity index (χ4n) is 3.50. The molecule has 7 nitrogen and oxygen atoms in total. The first-order valence-corrected chi connectivity index (χ1v) is 10.1. The monoisotopic (exact) mass is 389 g/mol. The lowest BCUT2D eigenvalue weighted by Crippen LogP contribution is -2.35. The number of aromatic nitrogens is 2. The minimum absolute atomic E-state index is 0.170. The van der Waals surface area contributed by atoms with Gasteiger partial charge in [-0.05, 0) is 52.7 Å². The van der Waals surface area contributed by atoms with Gasteiger partial charge in [0.05, 0.1) is 5.56 Å². The molecule has 0 spiro atoms. The molecular weight excluding hydrogens is 362 g/mol. The Balaban J connectivity index is 1.90. The molecule has 0 bridgehead atoms. The fourth-order valence-corrected chi connectivity index (χ4v) is 4.78. The highest BCUT2D eigenvalue weighted by molar-refractivity contribution is 7.17. The summed E-state index contributed by atoms with van der Waals surface area (Å²) in [5.41, 5.74) is 8.33. The molecule has 146 valence electrons. The van der Waals surface area contributed by atoms with E-state index < -0.39 is 5.91 Å². The first kappa shape index (κ1) is 19.6. The summed E-state index contributed by atoms with van der Waals surface area (Å²) >= 11 is 1.44. The van der Waals surface area contributed by atoms with E-state index in [-0.39, 0.29) is 11.9 Å². The number of aryl methyl sites for hydroxylation is 1. The largest absolute Gasteiger partial charge is 0.365 e. The lowest BCUT2D eigenvalue weighted by molar-refractivity contribution is 0.0999. The third kappa shape index (κ3) is 3.77. The van der Waals surface area contributed by atoms with Crippen LogP contribution in [0.25, 0.3) is 0 Å². The molecule has 8 heteroatoms. The second-order valence-corrected chi connectivity index (χ2v) is 8.65. The van der Waals surface area contributed by atoms with Crippen molar-refractivity contribution in [2.45, 2.75) is 59.7 Å². The number of nitrogens with two attached hydrogens (primary N) is 1. The Kier molecular flexibility index (Phi) is 5.39. The van der Waals surface area contributed by atoms with Gasteiger partial charge >= 0.3 is 0 Å². The quantitative estimate of drug-likeness (QED) is 0.822.